The number of alkyl halides is 3. The van der Waals surface area contributed by atoms with Crippen molar-refractivity contribution in [2.45, 2.75) is 32.6 Å². The zero-order chi connectivity index (χ0) is 14.6. The van der Waals surface area contributed by atoms with Crippen molar-refractivity contribution in [3.63, 3.8) is 0 Å². The van der Waals surface area contributed by atoms with Crippen molar-refractivity contribution in [1.82, 2.24) is 4.90 Å². The molecule has 1 aromatic rings. The highest BCUT2D eigenvalue weighted by Gasteiger charge is 2.35. The van der Waals surface area contributed by atoms with E-state index < -0.39 is 30.6 Å². The molecule has 0 aliphatic rings. The highest BCUT2D eigenvalue weighted by molar-refractivity contribution is 5.79. The minimum atomic E-state index is -4.46. The number of carbonyl (C=O) groups is 1. The van der Waals surface area contributed by atoms with Crippen LogP contribution in [0.25, 0.3) is 0 Å². The summed E-state index contributed by atoms with van der Waals surface area (Å²) in [5, 5.41) is 0. The summed E-state index contributed by atoms with van der Waals surface area (Å²) in [4.78, 5) is 12.7. The fraction of sp³-hybridized carbons (Fsp3) is 0.583. The lowest BCUT2D eigenvalue weighted by atomic mass is 10.0. The number of hydrogen-bond donors (Lipinski definition) is 1. The van der Waals surface area contributed by atoms with Crippen LogP contribution < -0.4 is 5.73 Å². The Labute approximate surface area is 109 Å². The lowest BCUT2D eigenvalue weighted by Gasteiger charge is -2.27. The van der Waals surface area contributed by atoms with Crippen molar-refractivity contribution >= 4 is 5.91 Å². The number of furan rings is 1. The van der Waals surface area contributed by atoms with Crippen LogP contribution in [0.4, 0.5) is 13.2 Å². The fourth-order valence-corrected chi connectivity index (χ4v) is 1.53. The maximum Gasteiger partial charge on any atom is 0.406 e. The summed E-state index contributed by atoms with van der Waals surface area (Å²) in [6.45, 7) is 1.56. The molecule has 0 spiro atoms. The second-order valence-electron chi connectivity index (χ2n) is 4.54. The Morgan fingerprint density at radius 2 is 2.11 bits per heavy atom. The third-order valence-corrected chi connectivity index (χ3v) is 2.79. The van der Waals surface area contributed by atoms with Crippen LogP contribution >= 0.6 is 0 Å². The average Bonchev–Trinajstić information content (AvgIpc) is 2.77. The van der Waals surface area contributed by atoms with Crippen LogP contribution in [0.3, 0.4) is 0 Å². The van der Waals surface area contributed by atoms with Gasteiger partial charge in [-0.3, -0.25) is 4.79 Å². The number of amides is 1. The van der Waals surface area contributed by atoms with Crippen molar-refractivity contribution < 1.29 is 22.4 Å². The van der Waals surface area contributed by atoms with Gasteiger partial charge in [0.15, 0.2) is 0 Å². The Morgan fingerprint density at radius 3 is 2.53 bits per heavy atom. The van der Waals surface area contributed by atoms with Crippen molar-refractivity contribution in [2.24, 2.45) is 11.7 Å². The Bertz CT molecular complexity index is 402. The quantitative estimate of drug-likeness (QED) is 0.897. The van der Waals surface area contributed by atoms with E-state index in [4.69, 9.17) is 10.2 Å². The predicted molar refractivity (Wildman–Crippen MR) is 63.0 cm³/mol. The molecule has 0 fully saturated rings. The predicted octanol–water partition coefficient (Wildman–Crippen LogP) is 2.15. The van der Waals surface area contributed by atoms with Crippen LogP contribution in [0.1, 0.15) is 19.6 Å². The summed E-state index contributed by atoms with van der Waals surface area (Å²) < 4.78 is 42.5. The standard InChI is InChI=1S/C12H17F3N2O2/c1-8(9(2)16)11(18)17(7-12(13,14)15)6-10-4-3-5-19-10/h3-5,8-9H,6-7,16H2,1-2H3. The van der Waals surface area contributed by atoms with Gasteiger partial charge in [0.2, 0.25) is 5.91 Å². The molecule has 0 aromatic carbocycles. The summed E-state index contributed by atoms with van der Waals surface area (Å²) >= 11 is 0. The van der Waals surface area contributed by atoms with E-state index in [0.29, 0.717) is 10.7 Å². The fourth-order valence-electron chi connectivity index (χ4n) is 1.53. The third kappa shape index (κ3) is 4.94. The monoisotopic (exact) mass is 278 g/mol. The second-order valence-corrected chi connectivity index (χ2v) is 4.54. The van der Waals surface area contributed by atoms with Gasteiger partial charge in [0.1, 0.15) is 12.3 Å². The molecule has 0 saturated heterocycles. The van der Waals surface area contributed by atoms with Gasteiger partial charge < -0.3 is 15.1 Å². The maximum absolute atomic E-state index is 12.5. The molecule has 2 unspecified atom stereocenters. The van der Waals surface area contributed by atoms with E-state index in [0.717, 1.165) is 0 Å². The summed E-state index contributed by atoms with van der Waals surface area (Å²) in [5.74, 6) is -1.02. The molecule has 2 atom stereocenters. The lowest BCUT2D eigenvalue weighted by Crippen LogP contribution is -2.45. The molecule has 0 radical (unpaired) electrons. The SMILES string of the molecule is CC(N)C(C)C(=O)N(Cc1ccco1)CC(F)(F)F. The van der Waals surface area contributed by atoms with Gasteiger partial charge in [-0.2, -0.15) is 13.2 Å². The van der Waals surface area contributed by atoms with Crippen LogP contribution in [-0.4, -0.2) is 29.6 Å². The average molecular weight is 278 g/mol. The summed E-state index contributed by atoms with van der Waals surface area (Å²) in [7, 11) is 0. The molecule has 1 aromatic heterocycles. The van der Waals surface area contributed by atoms with Gasteiger partial charge in [-0.05, 0) is 19.1 Å². The Morgan fingerprint density at radius 1 is 1.47 bits per heavy atom. The molecule has 1 amide bonds. The molecule has 2 N–H and O–H groups in total. The van der Waals surface area contributed by atoms with Gasteiger partial charge >= 0.3 is 6.18 Å². The number of halogens is 3. The van der Waals surface area contributed by atoms with E-state index in [1.54, 1.807) is 13.0 Å². The molecule has 1 heterocycles. The number of rotatable bonds is 5. The molecule has 1 rings (SSSR count). The molecule has 108 valence electrons. The highest BCUT2D eigenvalue weighted by Crippen LogP contribution is 2.20. The van der Waals surface area contributed by atoms with E-state index in [1.807, 2.05) is 0 Å². The third-order valence-electron chi connectivity index (χ3n) is 2.79. The molecule has 19 heavy (non-hydrogen) atoms. The summed E-state index contributed by atoms with van der Waals surface area (Å²) in [5.41, 5.74) is 5.56. The lowest BCUT2D eigenvalue weighted by molar-refractivity contribution is -0.165. The van der Waals surface area contributed by atoms with Crippen LogP contribution in [0, 0.1) is 5.92 Å². The molecule has 0 aliphatic heterocycles. The van der Waals surface area contributed by atoms with Gasteiger partial charge in [0, 0.05) is 6.04 Å². The Kier molecular flexibility index (Phi) is 4.99. The molecular formula is C12H17F3N2O2. The van der Waals surface area contributed by atoms with E-state index in [-0.39, 0.29) is 6.54 Å². The minimum Gasteiger partial charge on any atom is -0.467 e. The maximum atomic E-state index is 12.5. The zero-order valence-corrected chi connectivity index (χ0v) is 10.8. The highest BCUT2D eigenvalue weighted by atomic mass is 19.4. The van der Waals surface area contributed by atoms with Crippen LogP contribution in [-0.2, 0) is 11.3 Å². The first kappa shape index (κ1) is 15.6. The van der Waals surface area contributed by atoms with Crippen molar-refractivity contribution in [1.29, 1.82) is 0 Å². The van der Waals surface area contributed by atoms with E-state index in [2.05, 4.69) is 0 Å². The van der Waals surface area contributed by atoms with Gasteiger partial charge in [0.25, 0.3) is 0 Å². The van der Waals surface area contributed by atoms with E-state index in [1.165, 1.54) is 19.3 Å². The number of nitrogens with zero attached hydrogens (tertiary/aromatic N) is 1. The number of hydrogen-bond acceptors (Lipinski definition) is 3. The van der Waals surface area contributed by atoms with Gasteiger partial charge in [-0.25, -0.2) is 0 Å². The molecule has 0 saturated carbocycles. The van der Waals surface area contributed by atoms with E-state index in [9.17, 15) is 18.0 Å². The number of carbonyl (C=O) groups excluding carboxylic acids is 1. The van der Waals surface area contributed by atoms with Crippen LogP contribution in [0.2, 0.25) is 0 Å². The molecule has 0 aliphatic carbocycles. The van der Waals surface area contributed by atoms with Crippen molar-refractivity contribution in [2.75, 3.05) is 6.54 Å². The van der Waals surface area contributed by atoms with Crippen molar-refractivity contribution in [3.05, 3.63) is 24.2 Å². The largest absolute Gasteiger partial charge is 0.467 e. The van der Waals surface area contributed by atoms with Gasteiger partial charge in [-0.15, -0.1) is 0 Å². The smallest absolute Gasteiger partial charge is 0.406 e. The summed E-state index contributed by atoms with van der Waals surface area (Å²) in [6, 6.07) is 2.56. The summed E-state index contributed by atoms with van der Waals surface area (Å²) in [6.07, 6.45) is -3.11. The van der Waals surface area contributed by atoms with E-state index >= 15 is 0 Å². The second kappa shape index (κ2) is 6.10. The first-order valence-electron chi connectivity index (χ1n) is 5.84. The minimum absolute atomic E-state index is 0.220. The van der Waals surface area contributed by atoms with Gasteiger partial charge in [-0.1, -0.05) is 6.92 Å². The molecule has 4 nitrogen and oxygen atoms in total. The normalized spacial score (nSPS) is 15.1. The molecular weight excluding hydrogens is 261 g/mol. The number of nitrogens with two attached hydrogens (primary N) is 1. The molecule has 7 heteroatoms. The van der Waals surface area contributed by atoms with Crippen molar-refractivity contribution in [3.8, 4) is 0 Å². The first-order valence-corrected chi connectivity index (χ1v) is 5.84. The van der Waals surface area contributed by atoms with Crippen LogP contribution in [0.5, 0.6) is 0 Å². The Hall–Kier alpha value is -1.50. The van der Waals surface area contributed by atoms with Gasteiger partial charge in [0.05, 0.1) is 18.7 Å². The van der Waals surface area contributed by atoms with Crippen LogP contribution in [0.15, 0.2) is 22.8 Å². The first-order chi connectivity index (χ1) is 8.70. The Balaban J connectivity index is 2.82. The molecule has 0 bridgehead atoms. The topological polar surface area (TPSA) is 59.5 Å². The zero-order valence-electron chi connectivity index (χ0n) is 10.8.